The van der Waals surface area contributed by atoms with Crippen LogP contribution in [0.25, 0.3) is 0 Å². The van der Waals surface area contributed by atoms with Crippen molar-refractivity contribution in [1.82, 2.24) is 15.5 Å². The summed E-state index contributed by atoms with van der Waals surface area (Å²) in [7, 11) is 0. The van der Waals surface area contributed by atoms with Crippen LogP contribution in [0.5, 0.6) is 5.75 Å². The Morgan fingerprint density at radius 3 is 2.43 bits per heavy atom. The van der Waals surface area contributed by atoms with Crippen LogP contribution in [-0.2, 0) is 30.3 Å². The maximum Gasteiger partial charge on any atom is 0.246 e. The minimum absolute atomic E-state index is 0.0534. The molecule has 286 valence electrons. The minimum Gasteiger partial charge on any atom is -0.508 e. The van der Waals surface area contributed by atoms with Gasteiger partial charge in [0, 0.05) is 25.4 Å². The van der Waals surface area contributed by atoms with Crippen LogP contribution in [0.3, 0.4) is 0 Å². The third-order valence-corrected chi connectivity index (χ3v) is 10.1. The second-order valence-electron chi connectivity index (χ2n) is 13.9. The van der Waals surface area contributed by atoms with Crippen LogP contribution in [0.2, 0.25) is 0 Å². The highest BCUT2D eigenvalue weighted by molar-refractivity contribution is 5.93. The van der Waals surface area contributed by atoms with E-state index in [1.807, 2.05) is 6.92 Å². The number of phenols is 1. The van der Waals surface area contributed by atoms with Gasteiger partial charge >= 0.3 is 0 Å². The van der Waals surface area contributed by atoms with E-state index in [-0.39, 0.29) is 43.0 Å². The average Bonchev–Trinajstić information content (AvgIpc) is 3.62. The summed E-state index contributed by atoms with van der Waals surface area (Å²) >= 11 is 0. The summed E-state index contributed by atoms with van der Waals surface area (Å²) in [4.78, 5) is 47.4. The fourth-order valence-electron chi connectivity index (χ4n) is 7.36. The summed E-state index contributed by atoms with van der Waals surface area (Å²) in [6.45, 7) is 1.52. The van der Waals surface area contributed by atoms with Crippen molar-refractivity contribution >= 4 is 23.7 Å². The molecule has 16 heteroatoms. The van der Waals surface area contributed by atoms with Gasteiger partial charge < -0.3 is 62.0 Å². The number of phenolic OH excluding ortho intramolecular Hbond substituents is 1. The largest absolute Gasteiger partial charge is 0.508 e. The summed E-state index contributed by atoms with van der Waals surface area (Å²) in [6.07, 6.45) is 0.0791. The number of ether oxygens (including phenoxy) is 2. The molecule has 1 aliphatic carbocycles. The Morgan fingerprint density at radius 1 is 1.04 bits per heavy atom. The highest BCUT2D eigenvalue weighted by atomic mass is 16.7. The number of guanidine groups is 1. The van der Waals surface area contributed by atoms with E-state index in [2.05, 4.69) is 15.6 Å². The number of fused-ring (bicyclic) bond motifs is 1. The van der Waals surface area contributed by atoms with E-state index in [0.717, 1.165) is 12.8 Å². The fourth-order valence-corrected chi connectivity index (χ4v) is 7.36. The van der Waals surface area contributed by atoms with Crippen molar-refractivity contribution in [2.75, 3.05) is 19.8 Å². The number of aromatic hydroxyl groups is 1. The van der Waals surface area contributed by atoms with Crippen molar-refractivity contribution in [3.63, 3.8) is 0 Å². The van der Waals surface area contributed by atoms with Crippen LogP contribution >= 0.6 is 0 Å². The van der Waals surface area contributed by atoms with Crippen molar-refractivity contribution in [2.45, 2.75) is 132 Å². The number of nitrogens with one attached hydrogen (secondary N) is 2. The van der Waals surface area contributed by atoms with Gasteiger partial charge in [-0.3, -0.25) is 19.4 Å². The van der Waals surface area contributed by atoms with Crippen LogP contribution in [0.4, 0.5) is 0 Å². The maximum atomic E-state index is 14.7. The summed E-state index contributed by atoms with van der Waals surface area (Å²) in [6, 6.07) is 3.35. The maximum absolute atomic E-state index is 14.7. The molecule has 2 saturated heterocycles. The van der Waals surface area contributed by atoms with Gasteiger partial charge in [-0.15, -0.1) is 0 Å². The van der Waals surface area contributed by atoms with Crippen molar-refractivity contribution < 1.29 is 49.4 Å². The second-order valence-corrected chi connectivity index (χ2v) is 13.9. The molecule has 0 bridgehead atoms. The molecule has 1 aromatic rings. The molecular formula is C35H56N6O10. The van der Waals surface area contributed by atoms with E-state index in [4.69, 9.17) is 20.9 Å². The van der Waals surface area contributed by atoms with E-state index in [1.165, 1.54) is 12.1 Å². The number of amides is 3. The van der Waals surface area contributed by atoms with Crippen molar-refractivity contribution in [3.05, 3.63) is 29.8 Å². The molecule has 2 heterocycles. The predicted octanol–water partition coefficient (Wildman–Crippen LogP) is -0.876. The highest BCUT2D eigenvalue weighted by Gasteiger charge is 2.52. The third-order valence-electron chi connectivity index (χ3n) is 10.1. The lowest BCUT2D eigenvalue weighted by molar-refractivity contribution is -0.202. The number of unbranched alkanes of at least 4 members (excludes halogenated alkanes) is 2. The molecular weight excluding hydrogens is 664 g/mol. The second kappa shape index (κ2) is 19.3. The fraction of sp³-hybridized carbons (Fsp3) is 0.714. The standard InChI is InChI=1S/C35H56N6O10/c1-2-3-4-7-29(45)40-25(15-20-8-11-23(44)12-9-20)33(49)41-26-17-24(50-34-31(47)30(46)28(19-43)51-34)13-10-21(26)16-27(41)32(48)39-22(18-42)6-5-14-38-35(36)37/h8-9,11-12,21-22,24-28,30-31,34,42-44,46-47H,2-7,10,13-19H2,1H3,(H,39,48)(H,40,45)(H4,36,37,38). The Bertz CT molecular complexity index is 1310. The number of carbonyl (C=O) groups is 3. The first kappa shape index (κ1) is 40.2. The number of nitrogens with two attached hydrogens (primary N) is 2. The van der Waals surface area contributed by atoms with Crippen molar-refractivity contribution in [1.29, 1.82) is 0 Å². The van der Waals surface area contributed by atoms with Crippen LogP contribution in [0, 0.1) is 5.92 Å². The van der Waals surface area contributed by atoms with Crippen LogP contribution in [0.15, 0.2) is 29.3 Å². The molecule has 0 aromatic heterocycles. The molecule has 3 fully saturated rings. The molecule has 10 unspecified atom stereocenters. The molecule has 0 spiro atoms. The van der Waals surface area contributed by atoms with E-state index in [1.54, 1.807) is 17.0 Å². The lowest BCUT2D eigenvalue weighted by atomic mass is 9.83. The molecule has 16 nitrogen and oxygen atoms in total. The van der Waals surface area contributed by atoms with Gasteiger partial charge in [0.25, 0.3) is 0 Å². The molecule has 4 rings (SSSR count). The van der Waals surface area contributed by atoms with Crippen LogP contribution < -0.4 is 22.1 Å². The molecule has 1 saturated carbocycles. The Balaban J connectivity index is 1.59. The number of aliphatic hydroxyl groups excluding tert-OH is 4. The molecule has 0 radical (unpaired) electrons. The summed E-state index contributed by atoms with van der Waals surface area (Å²) in [5.74, 6) is -1.24. The number of rotatable bonds is 18. The Hall–Kier alpha value is -3.54. The monoisotopic (exact) mass is 720 g/mol. The SMILES string of the molecule is CCCCCC(=O)NC(Cc1ccc(O)cc1)C(=O)N1C(C(=O)NC(CO)CCCN=C(N)N)CC2CCC(OC3OC(CO)C(O)C3O)CC21. The number of aliphatic hydroxyl groups is 4. The molecule has 1 aromatic carbocycles. The number of nitrogens with zero attached hydrogens (tertiary/aromatic N) is 2. The minimum atomic E-state index is -1.38. The first-order valence-corrected chi connectivity index (χ1v) is 18.1. The lowest BCUT2D eigenvalue weighted by Crippen LogP contribution is -2.58. The van der Waals surface area contributed by atoms with Gasteiger partial charge in [0.15, 0.2) is 12.2 Å². The Morgan fingerprint density at radius 2 is 1.78 bits per heavy atom. The van der Waals surface area contributed by atoms with E-state index >= 15 is 0 Å². The molecule has 3 aliphatic rings. The average molecular weight is 721 g/mol. The van der Waals surface area contributed by atoms with Gasteiger partial charge in [-0.25, -0.2) is 0 Å². The topological polar surface area (TPSA) is 263 Å². The number of benzene rings is 1. The first-order valence-electron chi connectivity index (χ1n) is 18.1. The van der Waals surface area contributed by atoms with Crippen LogP contribution in [-0.4, -0.2) is 129 Å². The molecule has 51 heavy (non-hydrogen) atoms. The quantitative estimate of drug-likeness (QED) is 0.0509. The highest BCUT2D eigenvalue weighted by Crippen LogP contribution is 2.42. The van der Waals surface area contributed by atoms with Gasteiger partial charge in [-0.1, -0.05) is 31.9 Å². The molecule has 2 aliphatic heterocycles. The van der Waals surface area contributed by atoms with Gasteiger partial charge in [0.05, 0.1) is 25.4 Å². The van der Waals surface area contributed by atoms with E-state index in [9.17, 15) is 39.9 Å². The number of hydrogen-bond donors (Lipinski definition) is 9. The lowest BCUT2D eigenvalue weighted by Gasteiger charge is -2.39. The number of carbonyl (C=O) groups excluding carboxylic acids is 3. The summed E-state index contributed by atoms with van der Waals surface area (Å²) < 4.78 is 11.7. The van der Waals surface area contributed by atoms with Crippen LogP contribution in [0.1, 0.15) is 76.7 Å². The van der Waals surface area contributed by atoms with Crippen molar-refractivity contribution in [2.24, 2.45) is 22.4 Å². The summed E-state index contributed by atoms with van der Waals surface area (Å²) in [5, 5.41) is 56.0. The zero-order valence-electron chi connectivity index (χ0n) is 29.3. The third kappa shape index (κ3) is 11.0. The zero-order chi connectivity index (χ0) is 37.1. The van der Waals surface area contributed by atoms with E-state index in [0.29, 0.717) is 57.1 Å². The van der Waals surface area contributed by atoms with E-state index < -0.39 is 73.3 Å². The molecule has 10 atom stereocenters. The molecule has 3 amide bonds. The van der Waals surface area contributed by atoms with Gasteiger partial charge in [-0.2, -0.15) is 0 Å². The summed E-state index contributed by atoms with van der Waals surface area (Å²) in [5.41, 5.74) is 11.5. The normalized spacial score (nSPS) is 28.5. The molecule has 11 N–H and O–H groups in total. The van der Waals surface area contributed by atoms with Gasteiger partial charge in [0.2, 0.25) is 17.7 Å². The number of aliphatic imine (C=N–C) groups is 1. The first-order chi connectivity index (χ1) is 24.4. The Kier molecular flexibility index (Phi) is 15.3. The van der Waals surface area contributed by atoms with Gasteiger partial charge in [-0.05, 0) is 68.6 Å². The Labute approximate surface area is 298 Å². The van der Waals surface area contributed by atoms with Crippen molar-refractivity contribution in [3.8, 4) is 5.75 Å². The predicted molar refractivity (Wildman–Crippen MR) is 186 cm³/mol. The zero-order valence-corrected chi connectivity index (χ0v) is 29.3. The number of hydrogen-bond acceptors (Lipinski definition) is 11. The number of likely N-dealkylation sites (tertiary alicyclic amines) is 1. The van der Waals surface area contributed by atoms with Gasteiger partial charge in [0.1, 0.15) is 36.1 Å². The smallest absolute Gasteiger partial charge is 0.246 e.